The molecule has 182 valence electrons. The topological polar surface area (TPSA) is 57.0 Å². The second-order valence-electron chi connectivity index (χ2n) is 9.18. The van der Waals surface area contributed by atoms with E-state index in [0.29, 0.717) is 6.04 Å². The molecule has 0 radical (unpaired) electrons. The summed E-state index contributed by atoms with van der Waals surface area (Å²) in [4.78, 5) is 3.60. The van der Waals surface area contributed by atoms with E-state index in [-0.39, 0.29) is 0 Å². The van der Waals surface area contributed by atoms with Gasteiger partial charge < -0.3 is 19.9 Å². The molecule has 1 saturated heterocycles. The van der Waals surface area contributed by atoms with Crippen molar-refractivity contribution in [3.63, 3.8) is 0 Å². The molecular weight excluding hydrogens is 456 g/mol. The molecule has 0 spiro atoms. The van der Waals surface area contributed by atoms with Gasteiger partial charge in [0.1, 0.15) is 5.75 Å². The third kappa shape index (κ3) is 4.48. The highest BCUT2D eigenvalue weighted by Gasteiger charge is 2.32. The molecule has 2 aliphatic rings. The normalized spacial score (nSPS) is 16.9. The Morgan fingerprint density at radius 3 is 2.14 bits per heavy atom. The first-order chi connectivity index (χ1) is 17.0. The predicted molar refractivity (Wildman–Crippen MR) is 146 cm³/mol. The van der Waals surface area contributed by atoms with Crippen LogP contribution in [0.3, 0.4) is 0 Å². The fourth-order valence-corrected chi connectivity index (χ4v) is 5.62. The van der Waals surface area contributed by atoms with Gasteiger partial charge in [-0.15, -0.1) is 12.6 Å². The van der Waals surface area contributed by atoms with Crippen LogP contribution in [0, 0.1) is 0 Å². The van der Waals surface area contributed by atoms with Crippen LogP contribution >= 0.6 is 12.6 Å². The molecule has 0 bridgehead atoms. The Labute approximate surface area is 212 Å². The van der Waals surface area contributed by atoms with Crippen LogP contribution in [0.25, 0.3) is 21.5 Å². The summed E-state index contributed by atoms with van der Waals surface area (Å²) in [6, 6.07) is 18.8. The molecule has 2 N–H and O–H groups in total. The number of nitrogens with zero attached hydrogens (tertiary/aromatic N) is 1. The molecule has 4 aromatic rings. The van der Waals surface area contributed by atoms with Crippen LogP contribution in [0.15, 0.2) is 59.5 Å². The molecule has 2 aliphatic heterocycles. The molecule has 0 aliphatic carbocycles. The molecule has 0 saturated carbocycles. The maximum absolute atomic E-state index is 5.62. The lowest BCUT2D eigenvalue weighted by Gasteiger charge is -2.33. The van der Waals surface area contributed by atoms with Gasteiger partial charge in [-0.3, -0.25) is 4.90 Å². The van der Waals surface area contributed by atoms with Crippen LogP contribution in [-0.2, 0) is 13.0 Å². The number of nitrogens with two attached hydrogens (primary N) is 1. The van der Waals surface area contributed by atoms with Crippen molar-refractivity contribution in [1.82, 2.24) is 4.90 Å². The van der Waals surface area contributed by atoms with Crippen LogP contribution in [-0.4, -0.2) is 38.8 Å². The number of hydrogen-bond acceptors (Lipinski definition) is 6. The molecule has 1 atom stereocenters. The molecular formula is C29H32N2O3S. The van der Waals surface area contributed by atoms with Crippen LogP contribution < -0.4 is 19.9 Å². The number of methoxy groups -OCH3 is 3. The fraction of sp³-hybridized carbons (Fsp3) is 0.310. The van der Waals surface area contributed by atoms with Crippen molar-refractivity contribution in [2.24, 2.45) is 0 Å². The third-order valence-electron chi connectivity index (χ3n) is 7.25. The van der Waals surface area contributed by atoms with Gasteiger partial charge in [0.15, 0.2) is 11.5 Å². The van der Waals surface area contributed by atoms with Crippen molar-refractivity contribution in [2.45, 2.75) is 36.7 Å². The second kappa shape index (κ2) is 9.88. The molecule has 1 fully saturated rings. The van der Waals surface area contributed by atoms with E-state index < -0.39 is 0 Å². The number of thiol groups is 1. The largest absolute Gasteiger partial charge is 0.497 e. The lowest BCUT2D eigenvalue weighted by Crippen LogP contribution is -2.35. The summed E-state index contributed by atoms with van der Waals surface area (Å²) in [5.74, 6) is 2.45. The number of benzene rings is 4. The van der Waals surface area contributed by atoms with Crippen LogP contribution in [0.4, 0.5) is 5.69 Å². The van der Waals surface area contributed by atoms with E-state index in [0.717, 1.165) is 40.8 Å². The van der Waals surface area contributed by atoms with Crippen molar-refractivity contribution in [1.29, 1.82) is 0 Å². The Hall–Kier alpha value is -3.09. The number of rotatable bonds is 3. The molecule has 0 aromatic heterocycles. The van der Waals surface area contributed by atoms with E-state index in [9.17, 15) is 0 Å². The number of fused-ring (bicyclic) bond motifs is 7. The van der Waals surface area contributed by atoms with Crippen molar-refractivity contribution >= 4 is 39.9 Å². The van der Waals surface area contributed by atoms with Gasteiger partial charge >= 0.3 is 0 Å². The van der Waals surface area contributed by atoms with E-state index >= 15 is 0 Å². The van der Waals surface area contributed by atoms with Crippen LogP contribution in [0.5, 0.6) is 17.2 Å². The van der Waals surface area contributed by atoms with E-state index in [1.807, 2.05) is 24.3 Å². The average Bonchev–Trinajstić information content (AvgIpc) is 3.36. The molecule has 6 rings (SSSR count). The molecule has 1 unspecified atom stereocenters. The number of hydrogen-bond donors (Lipinski definition) is 2. The molecule has 6 heteroatoms. The minimum absolute atomic E-state index is 0.671. The highest BCUT2D eigenvalue weighted by Crippen LogP contribution is 2.44. The average molecular weight is 489 g/mol. The summed E-state index contributed by atoms with van der Waals surface area (Å²) >= 11 is 4.08. The minimum Gasteiger partial charge on any atom is -0.497 e. The Kier molecular flexibility index (Phi) is 6.67. The van der Waals surface area contributed by atoms with Crippen LogP contribution in [0.2, 0.25) is 0 Å². The second-order valence-corrected chi connectivity index (χ2v) is 9.70. The van der Waals surface area contributed by atoms with Gasteiger partial charge in [0.05, 0.1) is 21.3 Å². The van der Waals surface area contributed by atoms with Gasteiger partial charge in [-0.2, -0.15) is 0 Å². The lowest BCUT2D eigenvalue weighted by molar-refractivity contribution is 0.229. The van der Waals surface area contributed by atoms with Crippen LogP contribution in [0.1, 0.15) is 24.0 Å². The standard InChI is InChI=1S/C23H25NO3.C6H7NS/c1-25-15-6-7-16-18(10-15)20-12-23(27-3)22(26-2)11-19(20)17-9-14-5-4-8-24(14)13-21(16)17;7-5-1-3-6(8)4-2-5/h6-7,10-12,14H,4-5,8-9,13H2,1-3H3;1-4,8H,7H2. The molecule has 4 aromatic carbocycles. The van der Waals surface area contributed by atoms with Gasteiger partial charge in [-0.1, -0.05) is 6.07 Å². The van der Waals surface area contributed by atoms with E-state index in [2.05, 4.69) is 47.9 Å². The molecule has 0 amide bonds. The number of ether oxygens (including phenoxy) is 3. The first-order valence-electron chi connectivity index (χ1n) is 12.0. The van der Waals surface area contributed by atoms with Gasteiger partial charge in [-0.05, 0) is 107 Å². The Morgan fingerprint density at radius 2 is 1.49 bits per heavy atom. The Morgan fingerprint density at radius 1 is 0.800 bits per heavy atom. The molecule has 35 heavy (non-hydrogen) atoms. The van der Waals surface area contributed by atoms with E-state index in [1.54, 1.807) is 21.3 Å². The van der Waals surface area contributed by atoms with Crippen molar-refractivity contribution < 1.29 is 14.2 Å². The number of anilines is 1. The summed E-state index contributed by atoms with van der Waals surface area (Å²) in [7, 11) is 5.13. The molecule has 2 heterocycles. The van der Waals surface area contributed by atoms with Gasteiger partial charge in [0.2, 0.25) is 0 Å². The van der Waals surface area contributed by atoms with Gasteiger partial charge in [-0.25, -0.2) is 0 Å². The zero-order valence-corrected chi connectivity index (χ0v) is 21.4. The highest BCUT2D eigenvalue weighted by atomic mass is 32.1. The van der Waals surface area contributed by atoms with Gasteiger partial charge in [0.25, 0.3) is 0 Å². The first kappa shape index (κ1) is 23.6. The maximum atomic E-state index is 5.62. The Bertz CT molecular complexity index is 1350. The highest BCUT2D eigenvalue weighted by molar-refractivity contribution is 7.80. The SMILES string of the molecule is COc1ccc2c3c(c4cc(OC)c(OC)cc4c2c1)CC1CCCN1C3.Nc1ccc(S)cc1. The first-order valence-corrected chi connectivity index (χ1v) is 12.4. The summed E-state index contributed by atoms with van der Waals surface area (Å²) < 4.78 is 16.7. The summed E-state index contributed by atoms with van der Waals surface area (Å²) in [6.07, 6.45) is 3.72. The quantitative estimate of drug-likeness (QED) is 0.207. The van der Waals surface area contributed by atoms with Crippen molar-refractivity contribution in [3.05, 3.63) is 65.7 Å². The lowest BCUT2D eigenvalue weighted by atomic mass is 9.85. The molecule has 5 nitrogen and oxygen atoms in total. The third-order valence-corrected chi connectivity index (χ3v) is 7.55. The van der Waals surface area contributed by atoms with E-state index in [1.165, 1.54) is 52.1 Å². The maximum Gasteiger partial charge on any atom is 0.161 e. The zero-order chi connectivity index (χ0) is 24.5. The predicted octanol–water partition coefficient (Wildman–Crippen LogP) is 6.10. The Balaban J connectivity index is 0.000000271. The van der Waals surface area contributed by atoms with E-state index in [4.69, 9.17) is 19.9 Å². The monoisotopic (exact) mass is 488 g/mol. The minimum atomic E-state index is 0.671. The summed E-state index contributed by atoms with van der Waals surface area (Å²) in [5.41, 5.74) is 9.12. The van der Waals surface area contributed by atoms with Crippen molar-refractivity contribution in [3.8, 4) is 17.2 Å². The van der Waals surface area contributed by atoms with Gasteiger partial charge in [0, 0.05) is 23.2 Å². The summed E-state index contributed by atoms with van der Waals surface area (Å²) in [6.45, 7) is 2.25. The zero-order valence-electron chi connectivity index (χ0n) is 20.5. The summed E-state index contributed by atoms with van der Waals surface area (Å²) in [5, 5.41) is 5.05. The van der Waals surface area contributed by atoms with Crippen molar-refractivity contribution in [2.75, 3.05) is 33.6 Å². The fourth-order valence-electron chi connectivity index (χ4n) is 5.47. The number of nitrogen functional groups attached to an aromatic ring is 1. The smallest absolute Gasteiger partial charge is 0.161 e.